The van der Waals surface area contributed by atoms with Gasteiger partial charge in [0.15, 0.2) is 0 Å². The summed E-state index contributed by atoms with van der Waals surface area (Å²) in [5, 5.41) is 3.24. The lowest BCUT2D eigenvalue weighted by Gasteiger charge is -2.36. The lowest BCUT2D eigenvalue weighted by Crippen LogP contribution is -2.48. The van der Waals surface area contributed by atoms with Crippen molar-refractivity contribution in [2.24, 2.45) is 0 Å². The molecule has 3 amide bonds. The summed E-state index contributed by atoms with van der Waals surface area (Å²) in [6.07, 6.45) is 4.62. The first-order valence-electron chi connectivity index (χ1n) is 15.4. The number of fused-ring (bicyclic) bond motifs is 2. The highest BCUT2D eigenvalue weighted by molar-refractivity contribution is 5.93. The third-order valence-corrected chi connectivity index (χ3v) is 8.21. The number of carbonyl (C=O) groups excluding carboxylic acids is 3. The summed E-state index contributed by atoms with van der Waals surface area (Å²) in [5.41, 5.74) is 5.15. The average molecular weight is 588 g/mol. The Hall–Kier alpha value is -3.81. The summed E-state index contributed by atoms with van der Waals surface area (Å²) in [5.74, 6) is -0.217. The Morgan fingerprint density at radius 3 is 2.21 bits per heavy atom. The third-order valence-electron chi connectivity index (χ3n) is 8.21. The van der Waals surface area contributed by atoms with Gasteiger partial charge in [-0.3, -0.25) is 9.69 Å². The topological polar surface area (TPSA) is 88.2 Å². The van der Waals surface area contributed by atoms with Crippen LogP contribution in [0.2, 0.25) is 0 Å². The number of aryl methyl sites for hydroxylation is 1. The fourth-order valence-electron chi connectivity index (χ4n) is 6.18. The molecular weight excluding hydrogens is 542 g/mol. The molecule has 0 aromatic heterocycles. The monoisotopic (exact) mass is 587 g/mol. The van der Waals surface area contributed by atoms with Gasteiger partial charge >= 0.3 is 12.2 Å². The number of ether oxygens (including phenoxy) is 2. The predicted octanol–water partition coefficient (Wildman–Crippen LogP) is 6.56. The van der Waals surface area contributed by atoms with Crippen LogP contribution in [0, 0.1) is 0 Å². The van der Waals surface area contributed by atoms with Gasteiger partial charge in [-0.15, -0.1) is 0 Å². The first kappa shape index (κ1) is 30.6. The van der Waals surface area contributed by atoms with E-state index >= 15 is 0 Å². The van der Waals surface area contributed by atoms with Gasteiger partial charge in [-0.1, -0.05) is 36.4 Å². The van der Waals surface area contributed by atoms with Crippen LogP contribution in [0.5, 0.6) is 0 Å². The van der Waals surface area contributed by atoms with Crippen LogP contribution in [-0.4, -0.2) is 57.7 Å². The zero-order valence-electron chi connectivity index (χ0n) is 26.5. The molecule has 8 nitrogen and oxygen atoms in total. The number of benzene rings is 2. The molecule has 1 N–H and O–H groups in total. The second kappa shape index (κ2) is 11.7. The first-order valence-corrected chi connectivity index (χ1v) is 15.4. The Labute approximate surface area is 255 Å². The van der Waals surface area contributed by atoms with E-state index in [0.29, 0.717) is 6.54 Å². The smallest absolute Gasteiger partial charge is 0.411 e. The van der Waals surface area contributed by atoms with Crippen molar-refractivity contribution in [3.63, 3.8) is 0 Å². The zero-order chi connectivity index (χ0) is 31.1. The standard InChI is InChI=1S/C35H45N3O5/c1-22-17-24-15-16-25(18-26(24)20-37(22)32(40)42-34(2,3)4)27-19-30(38(21-27)33(41)43-35(5,6)7)31(39)36-29-14-10-12-23-11-8-9-13-28(23)29/h8-9,11,13,15-16,18-19,22,29-30H,10,12,14,17,20-21H2,1-7H3,(H,36,39)/t22?,29-,30-/m1/s1. The fourth-order valence-corrected chi connectivity index (χ4v) is 6.18. The van der Waals surface area contributed by atoms with Crippen molar-refractivity contribution in [2.45, 2.75) is 110 Å². The SMILES string of the molecule is CC1Cc2ccc(C3=C[C@H](C(=O)N[C@@H]4CCCc5ccccc54)N(C(=O)OC(C)(C)C)C3)cc2CN1C(=O)OC(C)(C)C. The van der Waals surface area contributed by atoms with E-state index < -0.39 is 23.3 Å². The number of amides is 3. The molecule has 1 aliphatic carbocycles. The van der Waals surface area contributed by atoms with Gasteiger partial charge < -0.3 is 19.7 Å². The second-order valence-corrected chi connectivity index (χ2v) is 14.0. The van der Waals surface area contributed by atoms with Crippen molar-refractivity contribution >= 4 is 23.7 Å². The average Bonchev–Trinajstić information content (AvgIpc) is 3.37. The highest BCUT2D eigenvalue weighted by atomic mass is 16.6. The van der Waals surface area contributed by atoms with Crippen molar-refractivity contribution in [1.29, 1.82) is 0 Å². The Kier molecular flexibility index (Phi) is 8.34. The fraction of sp³-hybridized carbons (Fsp3) is 0.514. The normalized spacial score (nSPS) is 21.8. The van der Waals surface area contributed by atoms with Crippen molar-refractivity contribution in [2.75, 3.05) is 6.54 Å². The lowest BCUT2D eigenvalue weighted by molar-refractivity contribution is -0.125. The highest BCUT2D eigenvalue weighted by Gasteiger charge is 2.39. The maximum absolute atomic E-state index is 13.8. The predicted molar refractivity (Wildman–Crippen MR) is 166 cm³/mol. The molecule has 2 aromatic carbocycles. The van der Waals surface area contributed by atoms with Crippen LogP contribution >= 0.6 is 0 Å². The summed E-state index contributed by atoms with van der Waals surface area (Å²) in [6, 6.07) is 13.6. The highest BCUT2D eigenvalue weighted by Crippen LogP contribution is 2.33. The van der Waals surface area contributed by atoms with Gasteiger partial charge in [0.1, 0.15) is 17.2 Å². The molecule has 2 aliphatic heterocycles. The molecule has 0 saturated carbocycles. The Morgan fingerprint density at radius 1 is 0.837 bits per heavy atom. The number of nitrogens with zero attached hydrogens (tertiary/aromatic N) is 2. The maximum atomic E-state index is 13.8. The van der Waals surface area contributed by atoms with Crippen molar-refractivity contribution in [3.8, 4) is 0 Å². The van der Waals surface area contributed by atoms with E-state index in [-0.39, 0.29) is 30.6 Å². The summed E-state index contributed by atoms with van der Waals surface area (Å²) in [7, 11) is 0. The lowest BCUT2D eigenvalue weighted by atomic mass is 9.87. The molecule has 0 saturated heterocycles. The van der Waals surface area contributed by atoms with Gasteiger partial charge in [0.2, 0.25) is 5.91 Å². The Bertz CT molecular complexity index is 1430. The molecule has 0 fully saturated rings. The second-order valence-electron chi connectivity index (χ2n) is 14.0. The number of nitrogens with one attached hydrogen (secondary N) is 1. The minimum atomic E-state index is -0.798. The quantitative estimate of drug-likeness (QED) is 0.439. The number of rotatable bonds is 3. The van der Waals surface area contributed by atoms with Crippen LogP contribution < -0.4 is 5.32 Å². The van der Waals surface area contributed by atoms with Crippen LogP contribution in [0.25, 0.3) is 5.57 Å². The first-order chi connectivity index (χ1) is 20.2. The van der Waals surface area contributed by atoms with Crippen molar-refractivity contribution in [1.82, 2.24) is 15.1 Å². The summed E-state index contributed by atoms with van der Waals surface area (Å²) < 4.78 is 11.4. The molecule has 3 atom stereocenters. The van der Waals surface area contributed by atoms with E-state index in [1.807, 2.05) is 72.7 Å². The largest absolute Gasteiger partial charge is 0.444 e. The zero-order valence-corrected chi connectivity index (χ0v) is 26.5. The van der Waals surface area contributed by atoms with Gasteiger partial charge in [-0.25, -0.2) is 9.59 Å². The molecule has 2 heterocycles. The molecule has 230 valence electrons. The van der Waals surface area contributed by atoms with E-state index in [2.05, 4.69) is 29.6 Å². The Balaban J connectivity index is 1.40. The minimum absolute atomic E-state index is 0.0135. The van der Waals surface area contributed by atoms with Crippen LogP contribution in [0.4, 0.5) is 9.59 Å². The molecule has 0 bridgehead atoms. The summed E-state index contributed by atoms with van der Waals surface area (Å²) in [4.78, 5) is 43.4. The number of carbonyl (C=O) groups is 3. The van der Waals surface area contributed by atoms with Crippen LogP contribution in [0.1, 0.15) is 95.2 Å². The van der Waals surface area contributed by atoms with E-state index in [1.165, 1.54) is 16.0 Å². The summed E-state index contributed by atoms with van der Waals surface area (Å²) >= 11 is 0. The minimum Gasteiger partial charge on any atom is -0.444 e. The molecule has 2 aromatic rings. The van der Waals surface area contributed by atoms with E-state index in [9.17, 15) is 14.4 Å². The van der Waals surface area contributed by atoms with Crippen molar-refractivity contribution in [3.05, 3.63) is 76.4 Å². The van der Waals surface area contributed by atoms with E-state index in [0.717, 1.165) is 47.9 Å². The van der Waals surface area contributed by atoms with E-state index in [1.54, 1.807) is 4.90 Å². The van der Waals surface area contributed by atoms with Gasteiger partial charge in [-0.2, -0.15) is 0 Å². The molecule has 5 rings (SSSR count). The maximum Gasteiger partial charge on any atom is 0.411 e. The van der Waals surface area contributed by atoms with Gasteiger partial charge in [-0.05, 0) is 120 Å². The molecular formula is C35H45N3O5. The van der Waals surface area contributed by atoms with Crippen LogP contribution in [0.3, 0.4) is 0 Å². The third kappa shape index (κ3) is 7.06. The van der Waals surface area contributed by atoms with E-state index in [4.69, 9.17) is 9.47 Å². The van der Waals surface area contributed by atoms with Gasteiger partial charge in [0.05, 0.1) is 12.6 Å². The molecule has 0 spiro atoms. The van der Waals surface area contributed by atoms with Gasteiger partial charge in [0.25, 0.3) is 0 Å². The van der Waals surface area contributed by atoms with Crippen LogP contribution in [-0.2, 0) is 33.7 Å². The number of hydrogen-bond donors (Lipinski definition) is 1. The van der Waals surface area contributed by atoms with Crippen LogP contribution in [0.15, 0.2) is 48.5 Å². The Morgan fingerprint density at radius 2 is 1.51 bits per heavy atom. The van der Waals surface area contributed by atoms with Crippen molar-refractivity contribution < 1.29 is 23.9 Å². The molecule has 43 heavy (non-hydrogen) atoms. The van der Waals surface area contributed by atoms with Gasteiger partial charge in [0, 0.05) is 12.6 Å². The molecule has 0 radical (unpaired) electrons. The molecule has 1 unspecified atom stereocenters. The summed E-state index contributed by atoms with van der Waals surface area (Å²) in [6.45, 7) is 13.8. The number of hydrogen-bond acceptors (Lipinski definition) is 5. The molecule has 3 aliphatic rings. The molecule has 8 heteroatoms.